The van der Waals surface area contributed by atoms with E-state index in [1.165, 1.54) is 6.92 Å². The van der Waals surface area contributed by atoms with Crippen LogP contribution in [0.3, 0.4) is 0 Å². The summed E-state index contributed by atoms with van der Waals surface area (Å²) in [4.78, 5) is 18.3. The highest BCUT2D eigenvalue weighted by Gasteiger charge is 2.42. The van der Waals surface area contributed by atoms with Crippen LogP contribution >= 0.6 is 35.4 Å². The number of nitrogens with zero attached hydrogens (tertiary/aromatic N) is 3. The SMILES string of the molecule is CC(=O)Nc1ccc(N2C(=S)N[C@H](c3ccccn3)[C@@H]2c2cc(C)n(-c3ccc(Cl)cc3Cl)c2C)cc1. The third kappa shape index (κ3) is 4.82. The zero-order valence-electron chi connectivity index (χ0n) is 20.5. The minimum absolute atomic E-state index is 0.118. The molecule has 9 heteroatoms. The number of carbonyl (C=O) groups excluding carboxylic acids is 1. The molecule has 5 rings (SSSR count). The zero-order valence-corrected chi connectivity index (χ0v) is 22.8. The summed E-state index contributed by atoms with van der Waals surface area (Å²) in [6.07, 6.45) is 1.79. The number of nitrogens with one attached hydrogen (secondary N) is 2. The topological polar surface area (TPSA) is 62.2 Å². The number of benzene rings is 2. The van der Waals surface area contributed by atoms with E-state index in [1.54, 1.807) is 12.3 Å². The molecule has 3 heterocycles. The molecule has 0 aliphatic carbocycles. The van der Waals surface area contributed by atoms with Gasteiger partial charge in [-0.1, -0.05) is 29.3 Å². The van der Waals surface area contributed by atoms with Crippen molar-refractivity contribution in [2.45, 2.75) is 32.9 Å². The molecule has 0 bridgehead atoms. The number of carbonyl (C=O) groups is 1. The number of thiocarbonyl (C=S) groups is 1. The van der Waals surface area contributed by atoms with Gasteiger partial charge >= 0.3 is 0 Å². The molecule has 1 amide bonds. The van der Waals surface area contributed by atoms with Crippen molar-refractivity contribution < 1.29 is 4.79 Å². The molecule has 0 unspecified atom stereocenters. The summed E-state index contributed by atoms with van der Waals surface area (Å²) < 4.78 is 2.14. The van der Waals surface area contributed by atoms with E-state index < -0.39 is 0 Å². The van der Waals surface area contributed by atoms with Crippen molar-refractivity contribution in [3.8, 4) is 5.69 Å². The molecular formula is C28H25Cl2N5OS. The van der Waals surface area contributed by atoms with Gasteiger partial charge in [-0.2, -0.15) is 0 Å². The average Bonchev–Trinajstić information content (AvgIpc) is 3.35. The number of hydrogen-bond acceptors (Lipinski definition) is 3. The number of amides is 1. The van der Waals surface area contributed by atoms with Crippen LogP contribution in [-0.4, -0.2) is 20.6 Å². The molecule has 1 fully saturated rings. The Morgan fingerprint density at radius 2 is 1.81 bits per heavy atom. The first-order chi connectivity index (χ1) is 17.7. The average molecular weight is 551 g/mol. The maximum Gasteiger partial charge on any atom is 0.221 e. The Hall–Kier alpha value is -3.39. The van der Waals surface area contributed by atoms with Crippen molar-refractivity contribution in [1.82, 2.24) is 14.9 Å². The predicted octanol–water partition coefficient (Wildman–Crippen LogP) is 6.93. The fourth-order valence-electron chi connectivity index (χ4n) is 4.98. The fraction of sp³-hybridized carbons (Fsp3) is 0.179. The van der Waals surface area contributed by atoms with E-state index in [4.69, 9.17) is 35.4 Å². The van der Waals surface area contributed by atoms with E-state index in [0.717, 1.165) is 39.7 Å². The Bertz CT molecular complexity index is 1490. The van der Waals surface area contributed by atoms with Gasteiger partial charge < -0.3 is 20.1 Å². The first kappa shape index (κ1) is 25.3. The highest BCUT2D eigenvalue weighted by Crippen LogP contribution is 2.44. The van der Waals surface area contributed by atoms with Gasteiger partial charge in [0.25, 0.3) is 0 Å². The van der Waals surface area contributed by atoms with Crippen molar-refractivity contribution >= 4 is 57.8 Å². The molecule has 188 valence electrons. The van der Waals surface area contributed by atoms with E-state index in [9.17, 15) is 4.79 Å². The summed E-state index contributed by atoms with van der Waals surface area (Å²) >= 11 is 18.6. The molecule has 2 aromatic carbocycles. The molecule has 0 saturated carbocycles. The number of rotatable bonds is 5. The lowest BCUT2D eigenvalue weighted by Crippen LogP contribution is -2.29. The van der Waals surface area contributed by atoms with Crippen molar-refractivity contribution in [2.24, 2.45) is 0 Å². The molecule has 4 aromatic rings. The van der Waals surface area contributed by atoms with E-state index in [-0.39, 0.29) is 18.0 Å². The summed E-state index contributed by atoms with van der Waals surface area (Å²) in [6.45, 7) is 5.64. The first-order valence-electron chi connectivity index (χ1n) is 11.8. The Kier molecular flexibility index (Phi) is 6.94. The van der Waals surface area contributed by atoms with Crippen LogP contribution in [-0.2, 0) is 4.79 Å². The number of aromatic nitrogens is 2. The summed E-state index contributed by atoms with van der Waals surface area (Å²) in [5.41, 5.74) is 6.56. The van der Waals surface area contributed by atoms with Gasteiger partial charge in [0.15, 0.2) is 5.11 Å². The van der Waals surface area contributed by atoms with Crippen LogP contribution in [0, 0.1) is 13.8 Å². The number of anilines is 2. The van der Waals surface area contributed by atoms with Crippen LogP contribution in [0.25, 0.3) is 5.69 Å². The van der Waals surface area contributed by atoms with E-state index in [2.05, 4.69) is 45.0 Å². The monoisotopic (exact) mass is 549 g/mol. The van der Waals surface area contributed by atoms with E-state index in [1.807, 2.05) is 54.6 Å². The number of pyridine rings is 1. The Balaban J connectivity index is 1.64. The van der Waals surface area contributed by atoms with Crippen LogP contribution in [0.4, 0.5) is 11.4 Å². The summed E-state index contributed by atoms with van der Waals surface area (Å²) in [6, 6.07) is 20.9. The zero-order chi connectivity index (χ0) is 26.3. The molecule has 6 nitrogen and oxygen atoms in total. The molecular weight excluding hydrogens is 525 g/mol. The summed E-state index contributed by atoms with van der Waals surface area (Å²) in [5, 5.41) is 8.08. The molecule has 0 radical (unpaired) electrons. The maximum atomic E-state index is 11.5. The molecule has 37 heavy (non-hydrogen) atoms. The van der Waals surface area contributed by atoms with Gasteiger partial charge in [-0.15, -0.1) is 0 Å². The van der Waals surface area contributed by atoms with Crippen molar-refractivity contribution in [3.63, 3.8) is 0 Å². The highest BCUT2D eigenvalue weighted by molar-refractivity contribution is 7.80. The second-order valence-corrected chi connectivity index (χ2v) is 10.2. The number of aryl methyl sites for hydroxylation is 1. The van der Waals surface area contributed by atoms with Gasteiger partial charge in [-0.3, -0.25) is 9.78 Å². The van der Waals surface area contributed by atoms with Gasteiger partial charge in [-0.05, 0) is 92.3 Å². The minimum Gasteiger partial charge on any atom is -0.351 e. The Morgan fingerprint density at radius 1 is 1.05 bits per heavy atom. The minimum atomic E-state index is -0.182. The molecule has 2 aromatic heterocycles. The normalized spacial score (nSPS) is 17.1. The number of halogens is 2. The van der Waals surface area contributed by atoms with Gasteiger partial charge in [0, 0.05) is 40.9 Å². The Morgan fingerprint density at radius 3 is 2.46 bits per heavy atom. The molecule has 1 aliphatic heterocycles. The maximum absolute atomic E-state index is 11.5. The van der Waals surface area contributed by atoms with Gasteiger partial charge in [0.2, 0.25) is 5.91 Å². The third-order valence-corrected chi connectivity index (χ3v) is 7.36. The molecule has 1 aliphatic rings. The van der Waals surface area contributed by atoms with Crippen molar-refractivity contribution in [2.75, 3.05) is 10.2 Å². The van der Waals surface area contributed by atoms with Crippen molar-refractivity contribution in [1.29, 1.82) is 0 Å². The predicted molar refractivity (Wildman–Crippen MR) is 154 cm³/mol. The summed E-state index contributed by atoms with van der Waals surface area (Å²) in [7, 11) is 0. The van der Waals surface area contributed by atoms with Crippen molar-refractivity contribution in [3.05, 3.63) is 106 Å². The van der Waals surface area contributed by atoms with Crippen LogP contribution < -0.4 is 15.5 Å². The van der Waals surface area contributed by atoms with Crippen LogP contribution in [0.2, 0.25) is 10.0 Å². The molecule has 1 saturated heterocycles. The molecule has 2 atom stereocenters. The Labute approximate surface area is 231 Å². The number of hydrogen-bond donors (Lipinski definition) is 2. The van der Waals surface area contributed by atoms with Gasteiger partial charge in [0.1, 0.15) is 0 Å². The van der Waals surface area contributed by atoms with Crippen LogP contribution in [0.5, 0.6) is 0 Å². The molecule has 2 N–H and O–H groups in total. The lowest BCUT2D eigenvalue weighted by molar-refractivity contribution is -0.114. The van der Waals surface area contributed by atoms with E-state index >= 15 is 0 Å². The third-order valence-electron chi connectivity index (χ3n) is 6.50. The first-order valence-corrected chi connectivity index (χ1v) is 12.9. The lowest BCUT2D eigenvalue weighted by atomic mass is 9.96. The van der Waals surface area contributed by atoms with Crippen LogP contribution in [0.15, 0.2) is 72.9 Å². The van der Waals surface area contributed by atoms with Gasteiger partial charge in [-0.25, -0.2) is 0 Å². The van der Waals surface area contributed by atoms with Crippen LogP contribution in [0.1, 0.15) is 41.7 Å². The lowest BCUT2D eigenvalue weighted by Gasteiger charge is -2.28. The quantitative estimate of drug-likeness (QED) is 0.264. The smallest absolute Gasteiger partial charge is 0.221 e. The fourth-order valence-corrected chi connectivity index (χ4v) is 5.82. The largest absolute Gasteiger partial charge is 0.351 e. The van der Waals surface area contributed by atoms with Gasteiger partial charge in [0.05, 0.1) is 28.5 Å². The molecule has 0 spiro atoms. The second-order valence-electron chi connectivity index (χ2n) is 8.98. The van der Waals surface area contributed by atoms with E-state index in [0.29, 0.717) is 15.2 Å². The summed E-state index contributed by atoms with van der Waals surface area (Å²) in [5.74, 6) is -0.118. The highest BCUT2D eigenvalue weighted by atomic mass is 35.5. The standard InChI is InChI=1S/C28H25Cl2N5OS/c1-16-14-22(17(2)34(16)25-12-7-19(29)15-23(25)30)27-26(24-6-4-5-13-31-24)33-28(37)35(27)21-10-8-20(9-11-21)32-18(3)36/h4-15,26-27H,1-3H3,(H,32,36)(H,33,37)/t26-,27+/m1/s1. The second kappa shape index (κ2) is 10.2.